The van der Waals surface area contributed by atoms with E-state index in [1.165, 1.54) is 5.69 Å². The second-order valence-corrected chi connectivity index (χ2v) is 4.62. The number of rotatable bonds is 5. The Labute approximate surface area is 99.4 Å². The second kappa shape index (κ2) is 5.91. The van der Waals surface area contributed by atoms with E-state index in [4.69, 9.17) is 0 Å². The van der Waals surface area contributed by atoms with Gasteiger partial charge in [0.1, 0.15) is 5.78 Å². The number of benzene rings is 1. The highest BCUT2D eigenvalue weighted by molar-refractivity contribution is 9.10. The van der Waals surface area contributed by atoms with E-state index >= 15 is 0 Å². The molecular weight excluding hydrogens is 254 g/mol. The van der Waals surface area contributed by atoms with E-state index in [2.05, 4.69) is 33.0 Å². The average Bonchev–Trinajstić information content (AvgIpc) is 2.18. The summed E-state index contributed by atoms with van der Waals surface area (Å²) in [5.74, 6) is 0.263. The van der Waals surface area contributed by atoms with Crippen LogP contribution in [0, 0.1) is 0 Å². The third-order valence-corrected chi connectivity index (χ3v) is 2.82. The van der Waals surface area contributed by atoms with Gasteiger partial charge in [-0.25, -0.2) is 0 Å². The number of hydrogen-bond acceptors (Lipinski definition) is 2. The van der Waals surface area contributed by atoms with Gasteiger partial charge >= 0.3 is 0 Å². The van der Waals surface area contributed by atoms with E-state index < -0.39 is 0 Å². The van der Waals surface area contributed by atoms with Gasteiger partial charge < -0.3 is 9.69 Å². The molecule has 82 valence electrons. The van der Waals surface area contributed by atoms with Crippen LogP contribution in [0.1, 0.15) is 19.8 Å². The normalized spacial score (nSPS) is 10.1. The van der Waals surface area contributed by atoms with Crippen LogP contribution in [0.5, 0.6) is 0 Å². The molecule has 0 N–H and O–H groups in total. The number of anilines is 1. The highest BCUT2D eigenvalue weighted by atomic mass is 79.9. The summed E-state index contributed by atoms with van der Waals surface area (Å²) in [5.41, 5.74) is 1.18. The van der Waals surface area contributed by atoms with E-state index in [-0.39, 0.29) is 5.78 Å². The molecular formula is C12H16BrNO. The summed E-state index contributed by atoms with van der Waals surface area (Å²) in [6, 6.07) is 8.18. The molecule has 0 aliphatic rings. The Bertz CT molecular complexity index is 321. The van der Waals surface area contributed by atoms with Crippen LogP contribution in [0.4, 0.5) is 5.69 Å². The molecule has 0 unspecified atom stereocenters. The molecule has 0 aliphatic heterocycles. The van der Waals surface area contributed by atoms with Crippen molar-refractivity contribution in [1.82, 2.24) is 0 Å². The van der Waals surface area contributed by atoms with Crippen LogP contribution >= 0.6 is 15.9 Å². The largest absolute Gasteiger partial charge is 0.375 e. The zero-order valence-electron chi connectivity index (χ0n) is 9.16. The van der Waals surface area contributed by atoms with Crippen molar-refractivity contribution in [2.75, 3.05) is 18.5 Å². The summed E-state index contributed by atoms with van der Waals surface area (Å²) in [4.78, 5) is 12.9. The first kappa shape index (κ1) is 12.2. The Morgan fingerprint density at radius 1 is 1.33 bits per heavy atom. The summed E-state index contributed by atoms with van der Waals surface area (Å²) < 4.78 is 1.09. The lowest BCUT2D eigenvalue weighted by Gasteiger charge is -2.18. The molecule has 0 aliphatic carbocycles. The van der Waals surface area contributed by atoms with E-state index in [1.807, 2.05) is 19.2 Å². The van der Waals surface area contributed by atoms with Gasteiger partial charge in [-0.3, -0.25) is 0 Å². The summed E-state index contributed by atoms with van der Waals surface area (Å²) in [6.07, 6.45) is 1.59. The minimum Gasteiger partial charge on any atom is -0.375 e. The molecule has 0 amide bonds. The van der Waals surface area contributed by atoms with Gasteiger partial charge in [-0.15, -0.1) is 0 Å². The number of carbonyl (C=O) groups is 1. The maximum Gasteiger partial charge on any atom is 0.129 e. The van der Waals surface area contributed by atoms with Crippen LogP contribution in [0.15, 0.2) is 28.7 Å². The third kappa shape index (κ3) is 4.47. The first-order valence-electron chi connectivity index (χ1n) is 5.06. The highest BCUT2D eigenvalue weighted by Gasteiger charge is 2.01. The van der Waals surface area contributed by atoms with Crippen molar-refractivity contribution in [3.63, 3.8) is 0 Å². The van der Waals surface area contributed by atoms with E-state index in [9.17, 15) is 4.79 Å². The van der Waals surface area contributed by atoms with Gasteiger partial charge in [-0.2, -0.15) is 0 Å². The lowest BCUT2D eigenvalue weighted by molar-refractivity contribution is -0.117. The van der Waals surface area contributed by atoms with Crippen LogP contribution in [-0.4, -0.2) is 19.4 Å². The topological polar surface area (TPSA) is 20.3 Å². The minimum absolute atomic E-state index is 0.263. The second-order valence-electron chi connectivity index (χ2n) is 3.70. The quantitative estimate of drug-likeness (QED) is 0.818. The van der Waals surface area contributed by atoms with E-state index in [0.29, 0.717) is 6.42 Å². The Morgan fingerprint density at radius 2 is 1.93 bits per heavy atom. The van der Waals surface area contributed by atoms with E-state index in [0.717, 1.165) is 17.4 Å². The smallest absolute Gasteiger partial charge is 0.129 e. The molecule has 0 atom stereocenters. The van der Waals surface area contributed by atoms with Crippen LogP contribution in [0.25, 0.3) is 0 Å². The Kier molecular flexibility index (Phi) is 4.82. The number of hydrogen-bond donors (Lipinski definition) is 0. The van der Waals surface area contributed by atoms with Gasteiger partial charge in [0.25, 0.3) is 0 Å². The predicted octanol–water partition coefficient (Wildman–Crippen LogP) is 3.25. The van der Waals surface area contributed by atoms with Gasteiger partial charge in [-0.05, 0) is 37.6 Å². The number of nitrogens with zero attached hydrogens (tertiary/aromatic N) is 1. The van der Waals surface area contributed by atoms with Crippen molar-refractivity contribution in [3.05, 3.63) is 28.7 Å². The van der Waals surface area contributed by atoms with Crippen LogP contribution in [0.3, 0.4) is 0 Å². The molecule has 0 bridgehead atoms. The van der Waals surface area contributed by atoms with Crippen LogP contribution in [-0.2, 0) is 4.79 Å². The number of halogens is 1. The van der Waals surface area contributed by atoms with Crippen molar-refractivity contribution in [2.24, 2.45) is 0 Å². The predicted molar refractivity (Wildman–Crippen MR) is 67.3 cm³/mol. The zero-order valence-corrected chi connectivity index (χ0v) is 10.8. The Morgan fingerprint density at radius 3 is 2.47 bits per heavy atom. The molecule has 1 aromatic rings. The molecule has 0 heterocycles. The summed E-state index contributed by atoms with van der Waals surface area (Å²) in [7, 11) is 2.05. The number of Topliss-reactive ketones (excluding diaryl/α,β-unsaturated/α-hetero) is 1. The Balaban J connectivity index is 2.43. The molecule has 0 radical (unpaired) electrons. The lowest BCUT2D eigenvalue weighted by Crippen LogP contribution is -2.18. The first-order chi connectivity index (χ1) is 7.09. The van der Waals surface area contributed by atoms with Gasteiger partial charge in [0.05, 0.1) is 0 Å². The zero-order chi connectivity index (χ0) is 11.3. The van der Waals surface area contributed by atoms with Crippen molar-refractivity contribution < 1.29 is 4.79 Å². The Hall–Kier alpha value is -0.830. The third-order valence-electron chi connectivity index (χ3n) is 2.29. The molecule has 0 saturated heterocycles. The molecule has 0 spiro atoms. The highest BCUT2D eigenvalue weighted by Crippen LogP contribution is 2.17. The molecule has 3 heteroatoms. The molecule has 0 aromatic heterocycles. The molecule has 0 saturated carbocycles. The monoisotopic (exact) mass is 269 g/mol. The van der Waals surface area contributed by atoms with Gasteiger partial charge in [0.15, 0.2) is 0 Å². The van der Waals surface area contributed by atoms with Gasteiger partial charge in [0.2, 0.25) is 0 Å². The van der Waals surface area contributed by atoms with Gasteiger partial charge in [-0.1, -0.05) is 15.9 Å². The SMILES string of the molecule is CC(=O)CCCN(C)c1ccc(Br)cc1. The molecule has 15 heavy (non-hydrogen) atoms. The molecule has 1 rings (SSSR count). The van der Waals surface area contributed by atoms with Crippen molar-refractivity contribution in [2.45, 2.75) is 19.8 Å². The molecule has 0 fully saturated rings. The summed E-state index contributed by atoms with van der Waals surface area (Å²) in [5, 5.41) is 0. The van der Waals surface area contributed by atoms with E-state index in [1.54, 1.807) is 6.92 Å². The fourth-order valence-electron chi connectivity index (χ4n) is 1.39. The molecule has 2 nitrogen and oxygen atoms in total. The number of carbonyl (C=O) groups excluding carboxylic acids is 1. The maximum absolute atomic E-state index is 10.8. The summed E-state index contributed by atoms with van der Waals surface area (Å²) >= 11 is 3.40. The van der Waals surface area contributed by atoms with Crippen molar-refractivity contribution in [3.8, 4) is 0 Å². The summed E-state index contributed by atoms with van der Waals surface area (Å²) in [6.45, 7) is 2.56. The van der Waals surface area contributed by atoms with Crippen LogP contribution < -0.4 is 4.90 Å². The lowest BCUT2D eigenvalue weighted by atomic mass is 10.2. The average molecular weight is 270 g/mol. The number of ketones is 1. The maximum atomic E-state index is 10.8. The molecule has 1 aromatic carbocycles. The standard InChI is InChI=1S/C12H16BrNO/c1-10(15)4-3-9-14(2)12-7-5-11(13)6-8-12/h5-8H,3-4,9H2,1-2H3. The minimum atomic E-state index is 0.263. The van der Waals surface area contributed by atoms with Crippen molar-refractivity contribution in [1.29, 1.82) is 0 Å². The fraction of sp³-hybridized carbons (Fsp3) is 0.417. The van der Waals surface area contributed by atoms with Gasteiger partial charge in [0, 0.05) is 30.2 Å². The first-order valence-corrected chi connectivity index (χ1v) is 5.85. The van der Waals surface area contributed by atoms with Crippen LogP contribution in [0.2, 0.25) is 0 Å². The fourth-order valence-corrected chi connectivity index (χ4v) is 1.65. The van der Waals surface area contributed by atoms with Crippen molar-refractivity contribution >= 4 is 27.4 Å².